The van der Waals surface area contributed by atoms with Crippen LogP contribution < -0.4 is 5.73 Å². The highest BCUT2D eigenvalue weighted by molar-refractivity contribution is 5.14. The molecule has 0 heterocycles. The van der Waals surface area contributed by atoms with E-state index in [1.54, 1.807) is 5.57 Å². The van der Waals surface area contributed by atoms with Crippen LogP contribution in [-0.4, -0.2) is 6.04 Å². The molecule has 1 atom stereocenters. The van der Waals surface area contributed by atoms with Crippen LogP contribution in [0.1, 0.15) is 51.4 Å². The fourth-order valence-corrected chi connectivity index (χ4v) is 2.78. The van der Waals surface area contributed by atoms with Crippen molar-refractivity contribution in [2.75, 3.05) is 0 Å². The zero-order valence-electron chi connectivity index (χ0n) is 8.47. The lowest BCUT2D eigenvalue weighted by molar-refractivity contribution is 0.454. The zero-order valence-corrected chi connectivity index (χ0v) is 8.47. The SMILES string of the molecule is NC(C1=CCCCC1)C1CCCC1. The molecule has 2 rings (SSSR count). The lowest BCUT2D eigenvalue weighted by atomic mass is 9.86. The lowest BCUT2D eigenvalue weighted by Crippen LogP contribution is -2.31. The van der Waals surface area contributed by atoms with Crippen molar-refractivity contribution in [3.63, 3.8) is 0 Å². The van der Waals surface area contributed by atoms with Gasteiger partial charge in [-0.2, -0.15) is 0 Å². The van der Waals surface area contributed by atoms with Crippen molar-refractivity contribution in [3.05, 3.63) is 11.6 Å². The Morgan fingerprint density at radius 1 is 1.15 bits per heavy atom. The van der Waals surface area contributed by atoms with E-state index in [0.29, 0.717) is 6.04 Å². The second-order valence-electron chi connectivity index (χ2n) is 4.60. The lowest BCUT2D eigenvalue weighted by Gasteiger charge is -2.24. The Kier molecular flexibility index (Phi) is 3.05. The van der Waals surface area contributed by atoms with Gasteiger partial charge in [0.1, 0.15) is 0 Å². The van der Waals surface area contributed by atoms with E-state index in [-0.39, 0.29) is 0 Å². The highest BCUT2D eigenvalue weighted by Gasteiger charge is 2.24. The molecule has 0 aromatic rings. The summed E-state index contributed by atoms with van der Waals surface area (Å²) in [6, 6.07) is 0.405. The van der Waals surface area contributed by atoms with Gasteiger partial charge in [-0.25, -0.2) is 0 Å². The summed E-state index contributed by atoms with van der Waals surface area (Å²) in [4.78, 5) is 0. The van der Waals surface area contributed by atoms with Gasteiger partial charge in [0.15, 0.2) is 0 Å². The van der Waals surface area contributed by atoms with Crippen LogP contribution >= 0.6 is 0 Å². The first kappa shape index (κ1) is 9.26. The number of allylic oxidation sites excluding steroid dienone is 1. The fourth-order valence-electron chi connectivity index (χ4n) is 2.78. The quantitative estimate of drug-likeness (QED) is 0.648. The van der Waals surface area contributed by atoms with Crippen molar-refractivity contribution < 1.29 is 0 Å². The van der Waals surface area contributed by atoms with Crippen LogP contribution in [0.5, 0.6) is 0 Å². The topological polar surface area (TPSA) is 26.0 Å². The first-order valence-corrected chi connectivity index (χ1v) is 5.82. The number of nitrogens with two attached hydrogens (primary N) is 1. The smallest absolute Gasteiger partial charge is 0.0282 e. The molecule has 1 heteroatoms. The van der Waals surface area contributed by atoms with Crippen LogP contribution in [-0.2, 0) is 0 Å². The summed E-state index contributed by atoms with van der Waals surface area (Å²) in [5, 5.41) is 0. The van der Waals surface area contributed by atoms with Crippen LogP contribution in [0, 0.1) is 5.92 Å². The van der Waals surface area contributed by atoms with Gasteiger partial charge in [-0.05, 0) is 44.4 Å². The molecular weight excluding hydrogens is 158 g/mol. The Bertz CT molecular complexity index is 189. The van der Waals surface area contributed by atoms with Crippen molar-refractivity contribution >= 4 is 0 Å². The molecule has 2 aliphatic carbocycles. The summed E-state index contributed by atoms with van der Waals surface area (Å²) >= 11 is 0. The highest BCUT2D eigenvalue weighted by Crippen LogP contribution is 2.32. The molecule has 74 valence electrons. The van der Waals surface area contributed by atoms with Crippen LogP contribution in [0.4, 0.5) is 0 Å². The highest BCUT2D eigenvalue weighted by atomic mass is 14.7. The van der Waals surface area contributed by atoms with Gasteiger partial charge >= 0.3 is 0 Å². The molecule has 1 unspecified atom stereocenters. The Hall–Kier alpha value is -0.300. The van der Waals surface area contributed by atoms with E-state index in [9.17, 15) is 0 Å². The summed E-state index contributed by atoms with van der Waals surface area (Å²) in [7, 11) is 0. The fraction of sp³-hybridized carbons (Fsp3) is 0.833. The summed E-state index contributed by atoms with van der Waals surface area (Å²) in [6.45, 7) is 0. The second-order valence-corrected chi connectivity index (χ2v) is 4.60. The van der Waals surface area contributed by atoms with Crippen molar-refractivity contribution in [1.82, 2.24) is 0 Å². The van der Waals surface area contributed by atoms with Gasteiger partial charge in [0.2, 0.25) is 0 Å². The van der Waals surface area contributed by atoms with Gasteiger partial charge in [-0.1, -0.05) is 24.5 Å². The van der Waals surface area contributed by atoms with E-state index >= 15 is 0 Å². The molecule has 0 amide bonds. The predicted molar refractivity (Wildman–Crippen MR) is 56.5 cm³/mol. The Balaban J connectivity index is 1.94. The molecule has 0 aromatic carbocycles. The third-order valence-electron chi connectivity index (χ3n) is 3.66. The second kappa shape index (κ2) is 4.28. The van der Waals surface area contributed by atoms with E-state index in [1.165, 1.54) is 51.4 Å². The molecule has 1 saturated carbocycles. The molecule has 0 radical (unpaired) electrons. The molecule has 1 fully saturated rings. The maximum Gasteiger partial charge on any atom is 0.0282 e. The summed E-state index contributed by atoms with van der Waals surface area (Å²) < 4.78 is 0. The number of hydrogen-bond acceptors (Lipinski definition) is 1. The Morgan fingerprint density at radius 2 is 1.92 bits per heavy atom. The van der Waals surface area contributed by atoms with Crippen LogP contribution in [0.25, 0.3) is 0 Å². The maximum atomic E-state index is 6.29. The monoisotopic (exact) mass is 179 g/mol. The number of hydrogen-bond donors (Lipinski definition) is 1. The van der Waals surface area contributed by atoms with E-state index in [0.717, 1.165) is 5.92 Å². The third-order valence-corrected chi connectivity index (χ3v) is 3.66. The molecule has 0 bridgehead atoms. The molecule has 0 aliphatic heterocycles. The molecule has 13 heavy (non-hydrogen) atoms. The molecule has 1 nitrogen and oxygen atoms in total. The Morgan fingerprint density at radius 3 is 2.54 bits per heavy atom. The van der Waals surface area contributed by atoms with E-state index in [1.807, 2.05) is 0 Å². The predicted octanol–water partition coefficient (Wildman–Crippen LogP) is 3.00. The van der Waals surface area contributed by atoms with E-state index in [4.69, 9.17) is 5.73 Å². The molecule has 0 aromatic heterocycles. The largest absolute Gasteiger partial charge is 0.324 e. The van der Waals surface area contributed by atoms with Gasteiger partial charge in [-0.15, -0.1) is 0 Å². The third kappa shape index (κ3) is 2.14. The molecule has 0 saturated heterocycles. The maximum absolute atomic E-state index is 6.29. The van der Waals surface area contributed by atoms with Gasteiger partial charge < -0.3 is 5.73 Å². The molecule has 2 aliphatic rings. The van der Waals surface area contributed by atoms with Crippen LogP contribution in [0.3, 0.4) is 0 Å². The normalized spacial score (nSPS) is 27.3. The average molecular weight is 179 g/mol. The van der Waals surface area contributed by atoms with E-state index in [2.05, 4.69) is 6.08 Å². The minimum Gasteiger partial charge on any atom is -0.324 e. The average Bonchev–Trinajstić information content (AvgIpc) is 2.71. The van der Waals surface area contributed by atoms with E-state index < -0.39 is 0 Å². The first-order chi connectivity index (χ1) is 6.38. The van der Waals surface area contributed by atoms with Crippen LogP contribution in [0.15, 0.2) is 11.6 Å². The minimum atomic E-state index is 0.405. The van der Waals surface area contributed by atoms with Crippen molar-refractivity contribution in [2.45, 2.75) is 57.4 Å². The molecular formula is C12H21N. The van der Waals surface area contributed by atoms with Gasteiger partial charge in [0, 0.05) is 6.04 Å². The number of rotatable bonds is 2. The zero-order chi connectivity index (χ0) is 9.10. The summed E-state index contributed by atoms with van der Waals surface area (Å²) in [6.07, 6.45) is 13.3. The van der Waals surface area contributed by atoms with Crippen molar-refractivity contribution in [1.29, 1.82) is 0 Å². The standard InChI is InChI=1S/C12H21N/c13-12(11-8-4-5-9-11)10-6-2-1-3-7-10/h6,11-12H,1-5,7-9,13H2. The van der Waals surface area contributed by atoms with Crippen molar-refractivity contribution in [2.24, 2.45) is 11.7 Å². The van der Waals surface area contributed by atoms with Gasteiger partial charge in [0.25, 0.3) is 0 Å². The summed E-state index contributed by atoms with van der Waals surface area (Å²) in [5.41, 5.74) is 7.85. The molecule has 0 spiro atoms. The molecule has 2 N–H and O–H groups in total. The van der Waals surface area contributed by atoms with Crippen LogP contribution in [0.2, 0.25) is 0 Å². The first-order valence-electron chi connectivity index (χ1n) is 5.82. The van der Waals surface area contributed by atoms with Gasteiger partial charge in [0.05, 0.1) is 0 Å². The summed E-state index contributed by atoms with van der Waals surface area (Å²) in [5.74, 6) is 0.810. The minimum absolute atomic E-state index is 0.405. The van der Waals surface area contributed by atoms with Gasteiger partial charge in [-0.3, -0.25) is 0 Å². The van der Waals surface area contributed by atoms with Crippen molar-refractivity contribution in [3.8, 4) is 0 Å². The Labute approximate surface area is 81.4 Å².